The number of nitrogens with zero attached hydrogens (tertiary/aromatic N) is 3. The van der Waals surface area contributed by atoms with E-state index < -0.39 is 0 Å². The average Bonchev–Trinajstić information content (AvgIpc) is 3.03. The standard InChI is InChI=1S/C22H23ClN4OS/c1-4-9-27-20(13-17-5-7-18(23)8-6-17)25-26-22(27)29-14-21(28)24-19-11-15(2)10-16(3)12-19/h4-8,10-12H,1,9,13-14H2,2-3H3,(H,24,28). The molecule has 0 aliphatic heterocycles. The van der Waals surface area contributed by atoms with Crippen LogP contribution in [0.5, 0.6) is 0 Å². The van der Waals surface area contributed by atoms with E-state index in [9.17, 15) is 4.79 Å². The van der Waals surface area contributed by atoms with Crippen LogP contribution in [0.4, 0.5) is 5.69 Å². The van der Waals surface area contributed by atoms with Crippen LogP contribution in [0, 0.1) is 13.8 Å². The van der Waals surface area contributed by atoms with Crippen LogP contribution in [-0.4, -0.2) is 26.4 Å². The Morgan fingerprint density at radius 1 is 1.17 bits per heavy atom. The number of thioether (sulfide) groups is 1. The lowest BCUT2D eigenvalue weighted by molar-refractivity contribution is -0.113. The number of hydrogen-bond donors (Lipinski definition) is 1. The topological polar surface area (TPSA) is 59.8 Å². The van der Waals surface area contributed by atoms with E-state index in [-0.39, 0.29) is 11.7 Å². The van der Waals surface area contributed by atoms with Gasteiger partial charge in [-0.05, 0) is 54.8 Å². The van der Waals surface area contributed by atoms with Crippen LogP contribution in [0.2, 0.25) is 5.02 Å². The summed E-state index contributed by atoms with van der Waals surface area (Å²) < 4.78 is 1.98. The van der Waals surface area contributed by atoms with Crippen molar-refractivity contribution in [2.45, 2.75) is 32.0 Å². The second kappa shape index (κ2) is 9.76. The highest BCUT2D eigenvalue weighted by molar-refractivity contribution is 7.99. The zero-order valence-corrected chi connectivity index (χ0v) is 18.1. The minimum atomic E-state index is -0.0765. The normalized spacial score (nSPS) is 10.7. The van der Waals surface area contributed by atoms with Gasteiger partial charge in [0.15, 0.2) is 5.16 Å². The number of amides is 1. The van der Waals surface area contributed by atoms with Gasteiger partial charge < -0.3 is 9.88 Å². The summed E-state index contributed by atoms with van der Waals surface area (Å²) in [7, 11) is 0. The summed E-state index contributed by atoms with van der Waals surface area (Å²) in [5, 5.41) is 12.9. The fourth-order valence-electron chi connectivity index (χ4n) is 3.03. The minimum Gasteiger partial charge on any atom is -0.325 e. The number of carbonyl (C=O) groups excluding carboxylic acids is 1. The van der Waals surface area contributed by atoms with E-state index in [0.717, 1.165) is 28.2 Å². The summed E-state index contributed by atoms with van der Waals surface area (Å²) in [5.41, 5.74) is 4.14. The average molecular weight is 427 g/mol. The molecule has 7 heteroatoms. The van der Waals surface area contributed by atoms with Crippen molar-refractivity contribution in [1.29, 1.82) is 0 Å². The predicted molar refractivity (Wildman–Crippen MR) is 120 cm³/mol. The molecule has 0 saturated heterocycles. The maximum absolute atomic E-state index is 12.4. The molecular formula is C22H23ClN4OS. The molecule has 0 aliphatic carbocycles. The van der Waals surface area contributed by atoms with Gasteiger partial charge in [0.25, 0.3) is 0 Å². The summed E-state index contributed by atoms with van der Waals surface area (Å²) in [4.78, 5) is 12.4. The van der Waals surface area contributed by atoms with Gasteiger partial charge in [-0.2, -0.15) is 0 Å². The van der Waals surface area contributed by atoms with Gasteiger partial charge in [0, 0.05) is 23.7 Å². The number of nitrogens with one attached hydrogen (secondary N) is 1. The zero-order valence-electron chi connectivity index (χ0n) is 16.5. The monoisotopic (exact) mass is 426 g/mol. The highest BCUT2D eigenvalue weighted by atomic mass is 35.5. The highest BCUT2D eigenvalue weighted by Gasteiger charge is 2.14. The summed E-state index contributed by atoms with van der Waals surface area (Å²) in [6.45, 7) is 8.42. The van der Waals surface area contributed by atoms with Gasteiger partial charge in [0.2, 0.25) is 5.91 Å². The first kappa shape index (κ1) is 21.1. The quantitative estimate of drug-likeness (QED) is 0.404. The molecule has 0 spiro atoms. The molecule has 0 bridgehead atoms. The zero-order chi connectivity index (χ0) is 20.8. The lowest BCUT2D eigenvalue weighted by Gasteiger charge is -2.09. The van der Waals surface area contributed by atoms with Crippen molar-refractivity contribution < 1.29 is 4.79 Å². The molecule has 0 unspecified atom stereocenters. The van der Waals surface area contributed by atoms with E-state index in [1.165, 1.54) is 11.8 Å². The van der Waals surface area contributed by atoms with Gasteiger partial charge in [0.05, 0.1) is 5.75 Å². The Hall–Kier alpha value is -2.57. The van der Waals surface area contributed by atoms with Gasteiger partial charge in [0.1, 0.15) is 5.82 Å². The number of halogens is 1. The van der Waals surface area contributed by atoms with Crippen molar-refractivity contribution in [1.82, 2.24) is 14.8 Å². The van der Waals surface area contributed by atoms with Crippen molar-refractivity contribution in [3.05, 3.63) is 82.7 Å². The first-order valence-corrected chi connectivity index (χ1v) is 10.6. The second-order valence-corrected chi connectivity index (χ2v) is 8.19. The van der Waals surface area contributed by atoms with Gasteiger partial charge in [-0.3, -0.25) is 4.79 Å². The number of aromatic nitrogens is 3. The van der Waals surface area contributed by atoms with Gasteiger partial charge in [-0.25, -0.2) is 0 Å². The third-order valence-electron chi connectivity index (χ3n) is 4.22. The summed E-state index contributed by atoms with van der Waals surface area (Å²) in [6.07, 6.45) is 2.43. The van der Waals surface area contributed by atoms with Crippen molar-refractivity contribution in [3.8, 4) is 0 Å². The van der Waals surface area contributed by atoms with Crippen molar-refractivity contribution in [2.24, 2.45) is 0 Å². The molecule has 2 aromatic carbocycles. The van der Waals surface area contributed by atoms with Gasteiger partial charge in [-0.15, -0.1) is 16.8 Å². The Bertz CT molecular complexity index is 994. The number of rotatable bonds is 8. The molecular weight excluding hydrogens is 404 g/mol. The molecule has 1 amide bonds. The highest BCUT2D eigenvalue weighted by Crippen LogP contribution is 2.21. The minimum absolute atomic E-state index is 0.0765. The van der Waals surface area contributed by atoms with Crippen LogP contribution in [-0.2, 0) is 17.8 Å². The number of hydrogen-bond acceptors (Lipinski definition) is 4. The molecule has 0 aliphatic rings. The summed E-state index contributed by atoms with van der Waals surface area (Å²) >= 11 is 7.32. The van der Waals surface area contributed by atoms with Crippen molar-refractivity contribution in [2.75, 3.05) is 11.1 Å². The molecule has 1 heterocycles. The first-order chi connectivity index (χ1) is 13.9. The fraction of sp³-hybridized carbons (Fsp3) is 0.227. The van der Waals surface area contributed by atoms with E-state index in [4.69, 9.17) is 11.6 Å². The summed E-state index contributed by atoms with van der Waals surface area (Å²) in [5.74, 6) is 1.00. The molecule has 0 atom stereocenters. The Balaban J connectivity index is 1.66. The van der Waals surface area contributed by atoms with Gasteiger partial charge in [-0.1, -0.05) is 47.6 Å². The third-order valence-corrected chi connectivity index (χ3v) is 5.44. The van der Waals surface area contributed by atoms with Crippen LogP contribution in [0.3, 0.4) is 0 Å². The fourth-order valence-corrected chi connectivity index (χ4v) is 3.92. The Morgan fingerprint density at radius 2 is 1.86 bits per heavy atom. The molecule has 0 radical (unpaired) electrons. The second-order valence-electron chi connectivity index (χ2n) is 6.81. The maximum Gasteiger partial charge on any atom is 0.234 e. The van der Waals surface area contributed by atoms with E-state index in [0.29, 0.717) is 23.1 Å². The largest absolute Gasteiger partial charge is 0.325 e. The SMILES string of the molecule is C=CCn1c(Cc2ccc(Cl)cc2)nnc1SCC(=O)Nc1cc(C)cc(C)c1. The van der Waals surface area contributed by atoms with E-state index in [1.54, 1.807) is 6.08 Å². The van der Waals surface area contributed by atoms with Crippen LogP contribution >= 0.6 is 23.4 Å². The molecule has 1 N–H and O–H groups in total. The van der Waals surface area contributed by atoms with E-state index in [1.807, 2.05) is 54.8 Å². The molecule has 29 heavy (non-hydrogen) atoms. The van der Waals surface area contributed by atoms with Crippen LogP contribution in [0.15, 0.2) is 60.3 Å². The third kappa shape index (κ3) is 5.95. The molecule has 3 aromatic rings. The van der Waals surface area contributed by atoms with Crippen LogP contribution in [0.1, 0.15) is 22.5 Å². The molecule has 3 rings (SSSR count). The predicted octanol–water partition coefficient (Wildman–Crippen LogP) is 5.06. The molecule has 150 valence electrons. The number of anilines is 1. The number of aryl methyl sites for hydroxylation is 2. The van der Waals surface area contributed by atoms with Crippen LogP contribution in [0.25, 0.3) is 0 Å². The molecule has 0 fully saturated rings. The maximum atomic E-state index is 12.4. The lowest BCUT2D eigenvalue weighted by atomic mass is 10.1. The van der Waals surface area contributed by atoms with Crippen molar-refractivity contribution in [3.63, 3.8) is 0 Å². The Kier molecular flexibility index (Phi) is 7.12. The van der Waals surface area contributed by atoms with Crippen LogP contribution < -0.4 is 5.32 Å². The molecule has 1 aromatic heterocycles. The number of benzene rings is 2. The van der Waals surface area contributed by atoms with E-state index in [2.05, 4.69) is 28.2 Å². The smallest absolute Gasteiger partial charge is 0.234 e. The Morgan fingerprint density at radius 3 is 2.52 bits per heavy atom. The lowest BCUT2D eigenvalue weighted by Crippen LogP contribution is -2.15. The van der Waals surface area contributed by atoms with Crippen molar-refractivity contribution >= 4 is 35.0 Å². The van der Waals surface area contributed by atoms with E-state index >= 15 is 0 Å². The molecule has 0 saturated carbocycles. The Labute approximate surface area is 180 Å². The first-order valence-electron chi connectivity index (χ1n) is 9.23. The summed E-state index contributed by atoms with van der Waals surface area (Å²) in [6, 6.07) is 13.7. The number of allylic oxidation sites excluding steroid dienone is 1. The van der Waals surface area contributed by atoms with Gasteiger partial charge >= 0.3 is 0 Å². The number of carbonyl (C=O) groups is 1. The molecule has 5 nitrogen and oxygen atoms in total.